The molecular weight excluding hydrogens is 420 g/mol. The number of ether oxygens (including phenoxy) is 2. The molecule has 0 amide bonds. The summed E-state index contributed by atoms with van der Waals surface area (Å²) in [5.41, 5.74) is 3.16. The number of methoxy groups -OCH3 is 2. The summed E-state index contributed by atoms with van der Waals surface area (Å²) < 4.78 is 39.5. The summed E-state index contributed by atoms with van der Waals surface area (Å²) in [6, 6.07) is 17.6. The van der Waals surface area contributed by atoms with Crippen LogP contribution in [0.25, 0.3) is 20.8 Å². The molecule has 0 aliphatic heterocycles. The molecule has 1 heterocycles. The third-order valence-corrected chi connectivity index (χ3v) is 7.13. The van der Waals surface area contributed by atoms with Crippen LogP contribution in [0.15, 0.2) is 65.6 Å². The number of anilines is 1. The Morgan fingerprint density at radius 3 is 2.27 bits per heavy atom. The van der Waals surface area contributed by atoms with Gasteiger partial charge in [0.05, 0.1) is 35.0 Å². The van der Waals surface area contributed by atoms with Gasteiger partial charge in [-0.25, -0.2) is 13.4 Å². The van der Waals surface area contributed by atoms with E-state index < -0.39 is 10.0 Å². The molecule has 0 saturated heterocycles. The zero-order chi connectivity index (χ0) is 21.3. The lowest BCUT2D eigenvalue weighted by atomic mass is 10.1. The van der Waals surface area contributed by atoms with Crippen molar-refractivity contribution in [2.75, 3.05) is 18.9 Å². The number of aromatic nitrogens is 1. The van der Waals surface area contributed by atoms with Gasteiger partial charge in [0.1, 0.15) is 16.5 Å². The van der Waals surface area contributed by atoms with Crippen molar-refractivity contribution < 1.29 is 17.9 Å². The number of hydrogen-bond donors (Lipinski definition) is 1. The molecule has 0 spiro atoms. The first kappa shape index (κ1) is 20.2. The highest BCUT2D eigenvalue weighted by Crippen LogP contribution is 2.34. The van der Waals surface area contributed by atoms with Gasteiger partial charge in [-0.1, -0.05) is 0 Å². The number of rotatable bonds is 6. The lowest BCUT2D eigenvalue weighted by molar-refractivity contribution is 0.414. The van der Waals surface area contributed by atoms with E-state index in [-0.39, 0.29) is 4.90 Å². The van der Waals surface area contributed by atoms with Crippen molar-refractivity contribution >= 4 is 37.3 Å². The van der Waals surface area contributed by atoms with E-state index >= 15 is 0 Å². The van der Waals surface area contributed by atoms with Crippen LogP contribution in [-0.4, -0.2) is 27.6 Å². The van der Waals surface area contributed by atoms with Crippen molar-refractivity contribution in [3.63, 3.8) is 0 Å². The number of fused-ring (bicyclic) bond motifs is 1. The second-order valence-corrected chi connectivity index (χ2v) is 9.38. The number of thiazole rings is 1. The Morgan fingerprint density at radius 2 is 1.60 bits per heavy atom. The quantitative estimate of drug-likeness (QED) is 0.452. The summed E-state index contributed by atoms with van der Waals surface area (Å²) in [7, 11) is -0.526. The molecule has 0 fully saturated rings. The van der Waals surface area contributed by atoms with Gasteiger partial charge < -0.3 is 9.47 Å². The van der Waals surface area contributed by atoms with Gasteiger partial charge in [-0.05, 0) is 73.2 Å². The van der Waals surface area contributed by atoms with E-state index in [0.29, 0.717) is 11.4 Å². The molecule has 1 aromatic heterocycles. The van der Waals surface area contributed by atoms with Crippen molar-refractivity contribution in [1.29, 1.82) is 0 Å². The molecule has 30 heavy (non-hydrogen) atoms. The second-order valence-electron chi connectivity index (χ2n) is 6.66. The van der Waals surface area contributed by atoms with E-state index in [0.717, 1.165) is 32.1 Å². The maximum absolute atomic E-state index is 12.7. The van der Waals surface area contributed by atoms with E-state index in [1.165, 1.54) is 19.2 Å². The Morgan fingerprint density at radius 1 is 0.900 bits per heavy atom. The topological polar surface area (TPSA) is 77.5 Å². The molecule has 3 aromatic carbocycles. The van der Waals surface area contributed by atoms with Crippen molar-refractivity contribution in [3.8, 4) is 22.1 Å². The van der Waals surface area contributed by atoms with Crippen molar-refractivity contribution in [2.45, 2.75) is 11.8 Å². The first-order valence-electron chi connectivity index (χ1n) is 9.12. The van der Waals surface area contributed by atoms with Gasteiger partial charge in [0.15, 0.2) is 0 Å². The summed E-state index contributed by atoms with van der Waals surface area (Å²) >= 11 is 1.57. The fourth-order valence-corrected chi connectivity index (χ4v) is 5.15. The molecule has 8 heteroatoms. The molecule has 0 bridgehead atoms. The molecule has 4 aromatic rings. The Kier molecular flexibility index (Phi) is 5.36. The maximum Gasteiger partial charge on any atom is 0.261 e. The molecule has 154 valence electrons. The first-order chi connectivity index (χ1) is 14.4. The highest BCUT2D eigenvalue weighted by Gasteiger charge is 2.16. The predicted molar refractivity (Wildman–Crippen MR) is 120 cm³/mol. The minimum absolute atomic E-state index is 0.173. The zero-order valence-corrected chi connectivity index (χ0v) is 18.3. The van der Waals surface area contributed by atoms with E-state index in [1.807, 2.05) is 37.3 Å². The van der Waals surface area contributed by atoms with Gasteiger partial charge >= 0.3 is 0 Å². The lowest BCUT2D eigenvalue weighted by Gasteiger charge is -2.12. The van der Waals surface area contributed by atoms with Gasteiger partial charge in [0.25, 0.3) is 10.0 Å². The minimum Gasteiger partial charge on any atom is -0.497 e. The molecule has 0 unspecified atom stereocenters. The normalized spacial score (nSPS) is 11.4. The van der Waals surface area contributed by atoms with E-state index in [1.54, 1.807) is 36.6 Å². The fourth-order valence-electron chi connectivity index (χ4n) is 3.03. The van der Waals surface area contributed by atoms with Crippen LogP contribution >= 0.6 is 11.3 Å². The Hall–Kier alpha value is -3.10. The van der Waals surface area contributed by atoms with Gasteiger partial charge in [0.2, 0.25) is 0 Å². The summed E-state index contributed by atoms with van der Waals surface area (Å²) in [6.45, 7) is 1.87. The number of nitrogens with zero attached hydrogens (tertiary/aromatic N) is 1. The van der Waals surface area contributed by atoms with Crippen LogP contribution in [0, 0.1) is 6.92 Å². The Balaban J connectivity index is 1.61. The Labute approximate surface area is 179 Å². The zero-order valence-electron chi connectivity index (χ0n) is 16.7. The molecule has 0 aliphatic rings. The monoisotopic (exact) mass is 440 g/mol. The van der Waals surface area contributed by atoms with Crippen LogP contribution in [0.1, 0.15) is 5.56 Å². The number of nitrogens with one attached hydrogen (secondary N) is 1. The SMILES string of the molecule is COc1ccc(S(=O)(=O)Nc2ccc(-c3nc4ccc(OC)cc4s3)cc2C)cc1. The molecule has 0 radical (unpaired) electrons. The van der Waals surface area contributed by atoms with Gasteiger partial charge in [-0.15, -0.1) is 11.3 Å². The second kappa shape index (κ2) is 7.97. The smallest absolute Gasteiger partial charge is 0.261 e. The summed E-state index contributed by atoms with van der Waals surface area (Å²) in [6.07, 6.45) is 0. The highest BCUT2D eigenvalue weighted by molar-refractivity contribution is 7.92. The third kappa shape index (κ3) is 3.96. The molecule has 4 rings (SSSR count). The average molecular weight is 441 g/mol. The van der Waals surface area contributed by atoms with Gasteiger partial charge in [-0.2, -0.15) is 0 Å². The van der Waals surface area contributed by atoms with Crippen LogP contribution in [-0.2, 0) is 10.0 Å². The van der Waals surface area contributed by atoms with Crippen molar-refractivity contribution in [1.82, 2.24) is 4.98 Å². The number of benzene rings is 3. The van der Waals surface area contributed by atoms with E-state index in [2.05, 4.69) is 9.71 Å². The highest BCUT2D eigenvalue weighted by atomic mass is 32.2. The molecule has 6 nitrogen and oxygen atoms in total. The molecule has 1 N–H and O–H groups in total. The maximum atomic E-state index is 12.7. The predicted octanol–water partition coefficient (Wildman–Crippen LogP) is 5.09. The summed E-state index contributed by atoms with van der Waals surface area (Å²) in [4.78, 5) is 4.85. The minimum atomic E-state index is -3.70. The average Bonchev–Trinajstić information content (AvgIpc) is 3.18. The summed E-state index contributed by atoms with van der Waals surface area (Å²) in [5.74, 6) is 1.39. The van der Waals surface area contributed by atoms with Crippen LogP contribution in [0.4, 0.5) is 5.69 Å². The van der Waals surface area contributed by atoms with E-state index in [9.17, 15) is 8.42 Å². The van der Waals surface area contributed by atoms with Crippen LogP contribution in [0.5, 0.6) is 11.5 Å². The van der Waals surface area contributed by atoms with Crippen LogP contribution in [0.2, 0.25) is 0 Å². The fraction of sp³-hybridized carbons (Fsp3) is 0.136. The van der Waals surface area contributed by atoms with Crippen LogP contribution in [0.3, 0.4) is 0 Å². The van der Waals surface area contributed by atoms with Crippen molar-refractivity contribution in [2.24, 2.45) is 0 Å². The molecular formula is C22H20N2O4S2. The molecule has 0 atom stereocenters. The largest absolute Gasteiger partial charge is 0.497 e. The van der Waals surface area contributed by atoms with E-state index in [4.69, 9.17) is 9.47 Å². The van der Waals surface area contributed by atoms with Crippen molar-refractivity contribution in [3.05, 3.63) is 66.2 Å². The van der Waals surface area contributed by atoms with Gasteiger partial charge in [-0.3, -0.25) is 4.72 Å². The standard InChI is InChI=1S/C22H20N2O4S2/c1-14-12-15(22-23-20-11-7-17(28-3)13-21(20)29-22)4-10-19(14)24-30(25,26)18-8-5-16(27-2)6-9-18/h4-13,24H,1-3H3. The number of sulfonamides is 1. The number of aryl methyl sites for hydroxylation is 1. The lowest BCUT2D eigenvalue weighted by Crippen LogP contribution is -2.13. The van der Waals surface area contributed by atoms with Crippen LogP contribution < -0.4 is 14.2 Å². The van der Waals surface area contributed by atoms with Gasteiger partial charge in [0, 0.05) is 5.56 Å². The third-order valence-electron chi connectivity index (χ3n) is 4.68. The summed E-state index contributed by atoms with van der Waals surface area (Å²) in [5, 5.41) is 0.867. The number of hydrogen-bond acceptors (Lipinski definition) is 6. The first-order valence-corrected chi connectivity index (χ1v) is 11.4. The molecule has 0 aliphatic carbocycles. The molecule has 0 saturated carbocycles. The Bertz CT molecular complexity index is 1310.